The van der Waals surface area contributed by atoms with E-state index in [4.69, 9.17) is 9.47 Å². The van der Waals surface area contributed by atoms with Crippen LogP contribution in [0.2, 0.25) is 0 Å². The summed E-state index contributed by atoms with van der Waals surface area (Å²) in [7, 11) is 1.26. The fourth-order valence-corrected chi connectivity index (χ4v) is 1.56. The topological polar surface area (TPSA) is 90.9 Å². The number of ether oxygens (including phenoxy) is 3. The molecule has 0 saturated heterocycles. The Kier molecular flexibility index (Phi) is 7.76. The average molecular weight is 303 g/mol. The van der Waals surface area contributed by atoms with E-state index in [-0.39, 0.29) is 13.0 Å². The van der Waals surface area contributed by atoms with Gasteiger partial charge < -0.3 is 19.5 Å². The predicted molar refractivity (Wildman–Crippen MR) is 75.6 cm³/mol. The minimum absolute atomic E-state index is 0.0181. The molecule has 7 nitrogen and oxygen atoms in total. The van der Waals surface area contributed by atoms with Crippen molar-refractivity contribution in [3.63, 3.8) is 0 Å². The minimum Gasteiger partial charge on any atom is -0.469 e. The molecule has 2 atom stereocenters. The van der Waals surface area contributed by atoms with E-state index in [1.54, 1.807) is 34.6 Å². The fourth-order valence-electron chi connectivity index (χ4n) is 1.56. The lowest BCUT2D eigenvalue weighted by Gasteiger charge is -2.25. The van der Waals surface area contributed by atoms with Crippen LogP contribution in [-0.2, 0) is 23.8 Å². The molecule has 0 bridgehead atoms. The first-order chi connectivity index (χ1) is 9.60. The third-order valence-electron chi connectivity index (χ3n) is 2.50. The molecule has 0 aliphatic rings. The molecular formula is C14H25NO6. The van der Waals surface area contributed by atoms with Crippen molar-refractivity contribution in [2.24, 2.45) is 5.92 Å². The highest BCUT2D eigenvalue weighted by Crippen LogP contribution is 2.13. The molecule has 0 spiro atoms. The number of alkyl carbamates (subject to hydrolysis) is 1. The molecule has 0 aromatic carbocycles. The lowest BCUT2D eigenvalue weighted by molar-refractivity contribution is -0.148. The number of hydrogen-bond acceptors (Lipinski definition) is 6. The Balaban J connectivity index is 4.85. The van der Waals surface area contributed by atoms with Crippen LogP contribution < -0.4 is 5.32 Å². The molecule has 0 saturated carbocycles. The van der Waals surface area contributed by atoms with Gasteiger partial charge >= 0.3 is 18.0 Å². The standard InChI is InChI=1S/C14H25NO6/c1-7-20-12(17)11(9(2)8-10(16)19-6)15-13(18)21-14(3,4)5/h9,11H,7-8H2,1-6H3,(H,15,18)/t9-,11+/m1/s1. The van der Waals surface area contributed by atoms with E-state index in [9.17, 15) is 14.4 Å². The van der Waals surface area contributed by atoms with Gasteiger partial charge in [0.25, 0.3) is 0 Å². The maximum atomic E-state index is 11.9. The Morgan fingerprint density at radius 3 is 2.19 bits per heavy atom. The molecule has 0 unspecified atom stereocenters. The molecule has 122 valence electrons. The van der Waals surface area contributed by atoms with Crippen molar-refractivity contribution in [2.75, 3.05) is 13.7 Å². The van der Waals surface area contributed by atoms with Crippen LogP contribution in [0, 0.1) is 5.92 Å². The molecule has 0 radical (unpaired) electrons. The first-order valence-corrected chi connectivity index (χ1v) is 6.83. The zero-order valence-corrected chi connectivity index (χ0v) is 13.5. The smallest absolute Gasteiger partial charge is 0.408 e. The van der Waals surface area contributed by atoms with Gasteiger partial charge in [-0.05, 0) is 33.6 Å². The number of amides is 1. The molecule has 21 heavy (non-hydrogen) atoms. The molecule has 0 aliphatic carbocycles. The largest absolute Gasteiger partial charge is 0.469 e. The Morgan fingerprint density at radius 2 is 1.76 bits per heavy atom. The van der Waals surface area contributed by atoms with Gasteiger partial charge in [0.1, 0.15) is 11.6 Å². The number of methoxy groups -OCH3 is 1. The van der Waals surface area contributed by atoms with Crippen LogP contribution in [0.3, 0.4) is 0 Å². The molecular weight excluding hydrogens is 278 g/mol. The lowest BCUT2D eigenvalue weighted by Crippen LogP contribution is -2.48. The first-order valence-electron chi connectivity index (χ1n) is 6.83. The van der Waals surface area contributed by atoms with Gasteiger partial charge in [-0.25, -0.2) is 9.59 Å². The molecule has 0 aliphatic heterocycles. The summed E-state index contributed by atoms with van der Waals surface area (Å²) in [6.07, 6.45) is -0.757. The Morgan fingerprint density at radius 1 is 1.19 bits per heavy atom. The van der Waals surface area contributed by atoms with E-state index in [0.717, 1.165) is 0 Å². The van der Waals surface area contributed by atoms with Gasteiger partial charge in [0.05, 0.1) is 20.1 Å². The molecule has 0 aromatic rings. The number of rotatable bonds is 6. The van der Waals surface area contributed by atoms with Crippen molar-refractivity contribution < 1.29 is 28.6 Å². The Labute approximate surface area is 125 Å². The van der Waals surface area contributed by atoms with Crippen molar-refractivity contribution in [3.8, 4) is 0 Å². The number of nitrogens with one attached hydrogen (secondary N) is 1. The zero-order chi connectivity index (χ0) is 16.6. The van der Waals surface area contributed by atoms with E-state index in [1.165, 1.54) is 7.11 Å². The normalized spacial score (nSPS) is 13.8. The maximum Gasteiger partial charge on any atom is 0.408 e. The van der Waals surface area contributed by atoms with Gasteiger partial charge in [0, 0.05) is 0 Å². The summed E-state index contributed by atoms with van der Waals surface area (Å²) in [4.78, 5) is 35.0. The maximum absolute atomic E-state index is 11.9. The van der Waals surface area contributed by atoms with Crippen LogP contribution >= 0.6 is 0 Å². The molecule has 1 amide bonds. The summed E-state index contributed by atoms with van der Waals surface area (Å²) >= 11 is 0. The first kappa shape index (κ1) is 19.2. The Bertz CT molecular complexity index is 374. The second-order valence-corrected chi connectivity index (χ2v) is 5.63. The number of hydrogen-bond donors (Lipinski definition) is 1. The van der Waals surface area contributed by atoms with Crippen molar-refractivity contribution in [3.05, 3.63) is 0 Å². The second kappa shape index (κ2) is 8.49. The Hall–Kier alpha value is -1.79. The summed E-state index contributed by atoms with van der Waals surface area (Å²) in [6.45, 7) is 8.62. The van der Waals surface area contributed by atoms with Crippen LogP contribution in [0.15, 0.2) is 0 Å². The molecule has 0 aromatic heterocycles. The van der Waals surface area contributed by atoms with Gasteiger partial charge in [0.2, 0.25) is 0 Å². The lowest BCUT2D eigenvalue weighted by atomic mass is 9.98. The molecule has 7 heteroatoms. The van der Waals surface area contributed by atoms with Crippen LogP contribution in [0.4, 0.5) is 4.79 Å². The van der Waals surface area contributed by atoms with E-state index < -0.39 is 35.6 Å². The van der Waals surface area contributed by atoms with Crippen molar-refractivity contribution in [1.29, 1.82) is 0 Å². The van der Waals surface area contributed by atoms with E-state index in [1.807, 2.05) is 0 Å². The average Bonchev–Trinajstić information content (AvgIpc) is 2.33. The van der Waals surface area contributed by atoms with Crippen LogP contribution in [0.25, 0.3) is 0 Å². The molecule has 0 fully saturated rings. The third kappa shape index (κ3) is 8.16. The summed E-state index contributed by atoms with van der Waals surface area (Å²) in [5, 5.41) is 2.44. The van der Waals surface area contributed by atoms with E-state index in [0.29, 0.717) is 0 Å². The molecule has 0 rings (SSSR count). The number of carbonyl (C=O) groups excluding carboxylic acids is 3. The number of esters is 2. The highest BCUT2D eigenvalue weighted by molar-refractivity contribution is 5.82. The zero-order valence-electron chi connectivity index (χ0n) is 13.5. The quantitative estimate of drug-likeness (QED) is 0.592. The summed E-state index contributed by atoms with van der Waals surface area (Å²) < 4.78 is 14.6. The monoisotopic (exact) mass is 303 g/mol. The van der Waals surface area contributed by atoms with Crippen LogP contribution in [-0.4, -0.2) is 43.4 Å². The predicted octanol–water partition coefficient (Wildman–Crippen LogP) is 1.64. The summed E-state index contributed by atoms with van der Waals surface area (Å²) in [5.41, 5.74) is -0.686. The summed E-state index contributed by atoms with van der Waals surface area (Å²) in [5.74, 6) is -1.56. The number of carbonyl (C=O) groups is 3. The SMILES string of the molecule is CCOC(=O)[C@@H](NC(=O)OC(C)(C)C)[C@H](C)CC(=O)OC. The van der Waals surface area contributed by atoms with Crippen molar-refractivity contribution in [2.45, 2.75) is 52.7 Å². The highest BCUT2D eigenvalue weighted by atomic mass is 16.6. The van der Waals surface area contributed by atoms with Crippen LogP contribution in [0.1, 0.15) is 41.0 Å². The van der Waals surface area contributed by atoms with E-state index in [2.05, 4.69) is 10.1 Å². The molecule has 1 N–H and O–H groups in total. The van der Waals surface area contributed by atoms with Crippen LogP contribution in [0.5, 0.6) is 0 Å². The third-order valence-corrected chi connectivity index (χ3v) is 2.50. The van der Waals surface area contributed by atoms with Crippen molar-refractivity contribution in [1.82, 2.24) is 5.32 Å². The van der Waals surface area contributed by atoms with Gasteiger partial charge in [-0.1, -0.05) is 6.92 Å². The van der Waals surface area contributed by atoms with E-state index >= 15 is 0 Å². The van der Waals surface area contributed by atoms with Gasteiger partial charge in [-0.3, -0.25) is 4.79 Å². The van der Waals surface area contributed by atoms with Crippen molar-refractivity contribution >= 4 is 18.0 Å². The van der Waals surface area contributed by atoms with Gasteiger partial charge in [-0.15, -0.1) is 0 Å². The highest BCUT2D eigenvalue weighted by Gasteiger charge is 2.31. The minimum atomic E-state index is -0.973. The van der Waals surface area contributed by atoms with Gasteiger partial charge in [0.15, 0.2) is 0 Å². The molecule has 0 heterocycles. The van der Waals surface area contributed by atoms with Gasteiger partial charge in [-0.2, -0.15) is 0 Å². The summed E-state index contributed by atoms with van der Waals surface area (Å²) in [6, 6.07) is -0.973. The second-order valence-electron chi connectivity index (χ2n) is 5.63. The fraction of sp³-hybridized carbons (Fsp3) is 0.786.